The number of hydrogen-bond acceptors (Lipinski definition) is 4. The summed E-state index contributed by atoms with van der Waals surface area (Å²) in [6, 6.07) is 3.35. The summed E-state index contributed by atoms with van der Waals surface area (Å²) < 4.78 is 6.16. The first-order valence-electron chi connectivity index (χ1n) is 9.99. The van der Waals surface area contributed by atoms with Gasteiger partial charge in [-0.3, -0.25) is 4.79 Å². The van der Waals surface area contributed by atoms with Gasteiger partial charge in [0.05, 0.1) is 20.6 Å². The van der Waals surface area contributed by atoms with Crippen molar-refractivity contribution in [3.8, 4) is 28.2 Å². The average molecular weight is 506 g/mol. The number of carboxylic acids is 1. The molecule has 1 aliphatic heterocycles. The second-order valence-corrected chi connectivity index (χ2v) is 9.30. The molecule has 0 amide bonds. The predicted octanol–water partition coefficient (Wildman–Crippen LogP) is 7.47. The van der Waals surface area contributed by atoms with Crippen molar-refractivity contribution in [3.05, 3.63) is 70.8 Å². The standard InChI is InChI=1S/C25H19Cl3O5/c1-8-6-13-15(16-17(25(31)32)20(28)19(27)10(3)18(16)26)14-7-9(2)22(30)12(5)24(14)33-23(13)11(4)21(8)29/h6-7,29H,1-5H3,(H,31,32). The van der Waals surface area contributed by atoms with Crippen molar-refractivity contribution in [2.45, 2.75) is 34.6 Å². The van der Waals surface area contributed by atoms with Crippen LogP contribution in [0.25, 0.3) is 33.4 Å². The zero-order valence-corrected chi connectivity index (χ0v) is 20.7. The highest BCUT2D eigenvalue weighted by Gasteiger charge is 2.31. The third-order valence-corrected chi connectivity index (χ3v) is 7.49. The van der Waals surface area contributed by atoms with Crippen LogP contribution < -0.4 is 5.43 Å². The number of phenols is 1. The molecule has 33 heavy (non-hydrogen) atoms. The van der Waals surface area contributed by atoms with Crippen molar-refractivity contribution in [2.75, 3.05) is 0 Å². The van der Waals surface area contributed by atoms with Gasteiger partial charge < -0.3 is 14.6 Å². The Bertz CT molecular complexity index is 1550. The molecule has 5 nitrogen and oxygen atoms in total. The van der Waals surface area contributed by atoms with Gasteiger partial charge in [0.25, 0.3) is 0 Å². The first-order valence-corrected chi connectivity index (χ1v) is 11.1. The Morgan fingerprint density at radius 1 is 0.848 bits per heavy atom. The van der Waals surface area contributed by atoms with Gasteiger partial charge in [0.15, 0.2) is 5.43 Å². The fourth-order valence-electron chi connectivity index (χ4n) is 4.27. The van der Waals surface area contributed by atoms with Gasteiger partial charge in [0, 0.05) is 33.2 Å². The van der Waals surface area contributed by atoms with E-state index in [4.69, 9.17) is 39.2 Å². The Morgan fingerprint density at radius 3 is 2.09 bits per heavy atom. The molecule has 0 saturated heterocycles. The van der Waals surface area contributed by atoms with E-state index in [9.17, 15) is 19.8 Å². The predicted molar refractivity (Wildman–Crippen MR) is 132 cm³/mol. The minimum atomic E-state index is -1.30. The zero-order valence-electron chi connectivity index (χ0n) is 18.4. The molecule has 2 aromatic rings. The highest BCUT2D eigenvalue weighted by atomic mass is 35.5. The van der Waals surface area contributed by atoms with Crippen molar-refractivity contribution in [3.63, 3.8) is 0 Å². The monoisotopic (exact) mass is 504 g/mol. The molecule has 4 rings (SSSR count). The molecule has 2 N–H and O–H groups in total. The molecule has 0 saturated carbocycles. The lowest BCUT2D eigenvalue weighted by atomic mass is 9.86. The van der Waals surface area contributed by atoms with E-state index in [1.165, 1.54) is 0 Å². The van der Waals surface area contributed by atoms with Crippen LogP contribution in [-0.4, -0.2) is 16.2 Å². The molecule has 8 heteroatoms. The summed E-state index contributed by atoms with van der Waals surface area (Å²) in [5.41, 5.74) is 3.23. The highest BCUT2D eigenvalue weighted by Crippen LogP contribution is 2.50. The van der Waals surface area contributed by atoms with E-state index in [0.29, 0.717) is 49.9 Å². The lowest BCUT2D eigenvalue weighted by Gasteiger charge is -2.22. The Kier molecular flexibility index (Phi) is 5.64. The number of fused-ring (bicyclic) bond motifs is 2. The molecule has 0 radical (unpaired) electrons. The largest absolute Gasteiger partial charge is 0.507 e. The van der Waals surface area contributed by atoms with Gasteiger partial charge in [0.2, 0.25) is 0 Å². The maximum Gasteiger partial charge on any atom is 0.337 e. The van der Waals surface area contributed by atoms with E-state index < -0.39 is 5.97 Å². The Morgan fingerprint density at radius 2 is 1.48 bits per heavy atom. The van der Waals surface area contributed by atoms with Crippen LogP contribution in [0.1, 0.15) is 38.2 Å². The smallest absolute Gasteiger partial charge is 0.337 e. The molecule has 1 heterocycles. The van der Waals surface area contributed by atoms with Crippen LogP contribution in [0.2, 0.25) is 15.1 Å². The van der Waals surface area contributed by atoms with Gasteiger partial charge in [-0.1, -0.05) is 34.8 Å². The molecule has 2 aliphatic rings. The van der Waals surface area contributed by atoms with Crippen molar-refractivity contribution in [1.82, 2.24) is 0 Å². The number of rotatable bonds is 2. The third-order valence-electron chi connectivity index (χ3n) is 6.07. The molecule has 0 atom stereocenters. The fourth-order valence-corrected chi connectivity index (χ4v) is 5.11. The topological polar surface area (TPSA) is 87.7 Å². The first-order chi connectivity index (χ1) is 15.4. The summed E-state index contributed by atoms with van der Waals surface area (Å²) in [6.07, 6.45) is 0. The third kappa shape index (κ3) is 3.30. The van der Waals surface area contributed by atoms with Crippen molar-refractivity contribution >= 4 is 51.7 Å². The van der Waals surface area contributed by atoms with E-state index in [0.717, 1.165) is 0 Å². The maximum absolute atomic E-state index is 12.7. The molecule has 2 aromatic carbocycles. The number of aromatic hydroxyl groups is 1. The van der Waals surface area contributed by atoms with Crippen molar-refractivity contribution < 1.29 is 19.4 Å². The van der Waals surface area contributed by atoms with Crippen molar-refractivity contribution in [2.24, 2.45) is 0 Å². The SMILES string of the molecule is Cc1cc2c(-c3c(Cl)c(C)c(Cl)c(Cl)c3C(=O)O)c3cc(C)c(=O)c(C)c-3oc2c(C)c1O. The maximum atomic E-state index is 12.7. The van der Waals surface area contributed by atoms with E-state index in [1.54, 1.807) is 46.8 Å². The number of aryl methyl sites for hydroxylation is 3. The van der Waals surface area contributed by atoms with Gasteiger partial charge in [-0.15, -0.1) is 0 Å². The number of aromatic carboxylic acids is 1. The highest BCUT2D eigenvalue weighted by molar-refractivity contribution is 6.47. The van der Waals surface area contributed by atoms with Gasteiger partial charge >= 0.3 is 5.97 Å². The number of halogens is 3. The van der Waals surface area contributed by atoms with Crippen molar-refractivity contribution in [1.29, 1.82) is 0 Å². The lowest BCUT2D eigenvalue weighted by molar-refractivity contribution is 0.0698. The van der Waals surface area contributed by atoms with Gasteiger partial charge in [-0.2, -0.15) is 0 Å². The minimum absolute atomic E-state index is 0.0403. The summed E-state index contributed by atoms with van der Waals surface area (Å²) in [4.78, 5) is 25.1. The number of benzene rings is 3. The fraction of sp³-hybridized carbons (Fsp3) is 0.200. The molecular formula is C25H19Cl3O5. The summed E-state index contributed by atoms with van der Waals surface area (Å²) in [7, 11) is 0. The molecule has 0 fully saturated rings. The van der Waals surface area contributed by atoms with E-state index >= 15 is 0 Å². The minimum Gasteiger partial charge on any atom is -0.507 e. The van der Waals surface area contributed by atoms with E-state index in [1.807, 2.05) is 0 Å². The Hall–Kier alpha value is -2.73. The molecule has 0 unspecified atom stereocenters. The van der Waals surface area contributed by atoms with Crippen LogP contribution in [0, 0.1) is 34.6 Å². The van der Waals surface area contributed by atoms with Gasteiger partial charge in [-0.25, -0.2) is 4.79 Å². The summed E-state index contributed by atoms with van der Waals surface area (Å²) in [5, 5.41) is 21.2. The average Bonchev–Trinajstić information content (AvgIpc) is 2.76. The molecule has 0 aromatic heterocycles. The Labute approximate surface area is 204 Å². The number of phenolic OH excluding ortho intramolecular Hbond substituents is 1. The summed E-state index contributed by atoms with van der Waals surface area (Å²) in [5.74, 6) is -0.990. The van der Waals surface area contributed by atoms with Gasteiger partial charge in [0.1, 0.15) is 17.1 Å². The van der Waals surface area contributed by atoms with Gasteiger partial charge in [-0.05, 0) is 63.4 Å². The van der Waals surface area contributed by atoms with Crippen LogP contribution in [-0.2, 0) is 0 Å². The van der Waals surface area contributed by atoms with Crippen LogP contribution >= 0.6 is 34.8 Å². The van der Waals surface area contributed by atoms with Crippen LogP contribution in [0.3, 0.4) is 0 Å². The Balaban J connectivity index is 2.43. The lowest BCUT2D eigenvalue weighted by Crippen LogP contribution is -2.12. The summed E-state index contributed by atoms with van der Waals surface area (Å²) >= 11 is 19.4. The number of carboxylic acid groups (broad SMARTS) is 1. The van der Waals surface area contributed by atoms with E-state index in [2.05, 4.69) is 0 Å². The van der Waals surface area contributed by atoms with E-state index in [-0.39, 0.29) is 43.1 Å². The quantitative estimate of drug-likeness (QED) is 0.218. The molecule has 0 bridgehead atoms. The van der Waals surface area contributed by atoms with Crippen LogP contribution in [0.5, 0.6) is 5.75 Å². The van der Waals surface area contributed by atoms with Crippen LogP contribution in [0.4, 0.5) is 0 Å². The second kappa shape index (κ2) is 7.94. The normalized spacial score (nSPS) is 11.5. The molecule has 1 aliphatic carbocycles. The second-order valence-electron chi connectivity index (χ2n) is 8.17. The number of hydrogen-bond donors (Lipinski definition) is 2. The molecule has 170 valence electrons. The molecular weight excluding hydrogens is 487 g/mol. The molecule has 0 spiro atoms. The zero-order chi connectivity index (χ0) is 24.5. The summed E-state index contributed by atoms with van der Waals surface area (Å²) in [6.45, 7) is 8.38. The number of carbonyl (C=O) groups is 1. The first kappa shape index (κ1) is 23.4. The van der Waals surface area contributed by atoms with Crippen LogP contribution in [0.15, 0.2) is 21.3 Å².